The molecule has 0 aliphatic carbocycles. The molecule has 1 aliphatic heterocycles. The Balaban J connectivity index is 1.43. The third kappa shape index (κ3) is 3.25. The van der Waals surface area contributed by atoms with E-state index in [9.17, 15) is 13.2 Å². The number of fused-ring (bicyclic) bond motifs is 2. The lowest BCUT2D eigenvalue weighted by atomic mass is 10.1. The van der Waals surface area contributed by atoms with Gasteiger partial charge in [-0.2, -0.15) is 0 Å². The molecule has 1 aliphatic rings. The van der Waals surface area contributed by atoms with Gasteiger partial charge >= 0.3 is 0 Å². The number of hydrogen-bond donors (Lipinski definition) is 1. The maximum atomic E-state index is 13.0. The lowest BCUT2D eigenvalue weighted by Crippen LogP contribution is -2.25. The molecule has 2 aromatic heterocycles. The van der Waals surface area contributed by atoms with Crippen LogP contribution in [0.3, 0.4) is 0 Å². The van der Waals surface area contributed by atoms with Gasteiger partial charge in [0.1, 0.15) is 0 Å². The van der Waals surface area contributed by atoms with E-state index in [1.54, 1.807) is 46.6 Å². The molecule has 30 heavy (non-hydrogen) atoms. The van der Waals surface area contributed by atoms with E-state index < -0.39 is 10.0 Å². The van der Waals surface area contributed by atoms with E-state index in [0.29, 0.717) is 18.7 Å². The first-order chi connectivity index (χ1) is 14.4. The van der Waals surface area contributed by atoms with E-state index in [0.717, 1.165) is 27.5 Å². The number of carbonyl (C=O) groups excluding carboxylic acids is 1. The molecule has 152 valence electrons. The third-order valence-corrected chi connectivity index (χ3v) is 7.29. The van der Waals surface area contributed by atoms with Crippen molar-refractivity contribution in [2.75, 3.05) is 16.2 Å². The molecule has 3 heterocycles. The average Bonchev–Trinajstić information content (AvgIpc) is 3.41. The second kappa shape index (κ2) is 6.96. The first kappa shape index (κ1) is 18.8. The number of rotatable bonds is 4. The Kier molecular flexibility index (Phi) is 4.37. The quantitative estimate of drug-likeness (QED) is 0.526. The van der Waals surface area contributed by atoms with Crippen LogP contribution in [0.4, 0.5) is 11.4 Å². The Hall–Kier alpha value is -3.17. The van der Waals surface area contributed by atoms with E-state index in [1.807, 2.05) is 28.2 Å². The maximum Gasteiger partial charge on any atom is 0.261 e. The summed E-state index contributed by atoms with van der Waals surface area (Å²) in [6, 6.07) is 12.1. The fourth-order valence-corrected chi connectivity index (χ4v) is 5.49. The van der Waals surface area contributed by atoms with Crippen molar-refractivity contribution < 1.29 is 13.2 Å². The molecule has 0 radical (unpaired) electrons. The number of hydrogen-bond acceptors (Lipinski definition) is 5. The standard InChI is InChI=1S/C21H18N4O3S2/c1-14(26)25-8-7-16-12-18(5-6-20(16)25)30(27,28)23-17-4-2-3-15(11-17)19-13-24-9-10-29-21(24)22-19/h2-6,9-13,23H,7-8H2,1H3. The van der Waals surface area contributed by atoms with Crippen LogP contribution in [0.2, 0.25) is 0 Å². The summed E-state index contributed by atoms with van der Waals surface area (Å²) in [4.78, 5) is 19.0. The minimum Gasteiger partial charge on any atom is -0.312 e. The van der Waals surface area contributed by atoms with Gasteiger partial charge < -0.3 is 4.90 Å². The zero-order valence-corrected chi connectivity index (χ0v) is 17.7. The average molecular weight is 439 g/mol. The summed E-state index contributed by atoms with van der Waals surface area (Å²) < 4.78 is 30.5. The van der Waals surface area contributed by atoms with E-state index in [1.165, 1.54) is 13.0 Å². The fourth-order valence-electron chi connectivity index (χ4n) is 3.70. The molecule has 0 bridgehead atoms. The first-order valence-electron chi connectivity index (χ1n) is 9.37. The van der Waals surface area contributed by atoms with Gasteiger partial charge in [0.05, 0.1) is 10.6 Å². The molecule has 2 aromatic carbocycles. The monoisotopic (exact) mass is 438 g/mol. The number of thiazole rings is 1. The Morgan fingerprint density at radius 1 is 1.20 bits per heavy atom. The van der Waals surface area contributed by atoms with Crippen LogP contribution in [0.1, 0.15) is 12.5 Å². The van der Waals surface area contributed by atoms with E-state index in [-0.39, 0.29) is 10.8 Å². The second-order valence-electron chi connectivity index (χ2n) is 7.12. The number of benzene rings is 2. The largest absolute Gasteiger partial charge is 0.312 e. The van der Waals surface area contributed by atoms with Crippen molar-refractivity contribution >= 4 is 43.6 Å². The molecule has 5 rings (SSSR count). The van der Waals surface area contributed by atoms with Gasteiger partial charge in [-0.3, -0.25) is 13.9 Å². The molecule has 7 nitrogen and oxygen atoms in total. The molecule has 1 amide bonds. The highest BCUT2D eigenvalue weighted by molar-refractivity contribution is 7.92. The van der Waals surface area contributed by atoms with Gasteiger partial charge in [0, 0.05) is 48.2 Å². The van der Waals surface area contributed by atoms with Crippen molar-refractivity contribution in [3.8, 4) is 11.3 Å². The molecule has 0 spiro atoms. The lowest BCUT2D eigenvalue weighted by Gasteiger charge is -2.15. The molecular formula is C21H18N4O3S2. The highest BCUT2D eigenvalue weighted by atomic mass is 32.2. The van der Waals surface area contributed by atoms with Gasteiger partial charge in [-0.25, -0.2) is 13.4 Å². The number of nitrogens with zero attached hydrogens (tertiary/aromatic N) is 3. The van der Waals surface area contributed by atoms with Crippen molar-refractivity contribution in [3.05, 3.63) is 65.8 Å². The van der Waals surface area contributed by atoms with E-state index >= 15 is 0 Å². The Morgan fingerprint density at radius 3 is 2.87 bits per heavy atom. The Labute approximate surface area is 177 Å². The molecule has 0 atom stereocenters. The number of aromatic nitrogens is 2. The molecular weight excluding hydrogens is 420 g/mol. The molecule has 0 saturated carbocycles. The number of sulfonamides is 1. The Bertz CT molecular complexity index is 1360. The molecule has 1 N–H and O–H groups in total. The van der Waals surface area contributed by atoms with E-state index in [2.05, 4.69) is 9.71 Å². The third-order valence-electron chi connectivity index (χ3n) is 5.14. The summed E-state index contributed by atoms with van der Waals surface area (Å²) >= 11 is 1.54. The minimum atomic E-state index is -3.76. The van der Waals surface area contributed by atoms with Crippen LogP contribution in [-0.4, -0.2) is 30.3 Å². The van der Waals surface area contributed by atoms with Crippen LogP contribution in [0.15, 0.2) is 65.1 Å². The summed E-state index contributed by atoms with van der Waals surface area (Å²) in [6.07, 6.45) is 4.50. The summed E-state index contributed by atoms with van der Waals surface area (Å²) in [5, 5.41) is 1.96. The number of nitrogens with one attached hydrogen (secondary N) is 1. The summed E-state index contributed by atoms with van der Waals surface area (Å²) in [5.41, 5.74) is 3.72. The molecule has 0 fully saturated rings. The maximum absolute atomic E-state index is 13.0. The smallest absolute Gasteiger partial charge is 0.261 e. The van der Waals surface area contributed by atoms with Crippen LogP contribution in [-0.2, 0) is 21.2 Å². The first-order valence-corrected chi connectivity index (χ1v) is 11.7. The van der Waals surface area contributed by atoms with Gasteiger partial charge in [0.2, 0.25) is 5.91 Å². The summed E-state index contributed by atoms with van der Waals surface area (Å²) in [6.45, 7) is 2.09. The fraction of sp³-hybridized carbons (Fsp3) is 0.143. The normalized spacial score (nSPS) is 13.6. The summed E-state index contributed by atoms with van der Waals surface area (Å²) in [5.74, 6) is -0.0431. The zero-order chi connectivity index (χ0) is 20.9. The van der Waals surface area contributed by atoms with Gasteiger partial charge in [0.15, 0.2) is 4.96 Å². The molecule has 9 heteroatoms. The van der Waals surface area contributed by atoms with Crippen LogP contribution < -0.4 is 9.62 Å². The van der Waals surface area contributed by atoms with Gasteiger partial charge in [-0.1, -0.05) is 12.1 Å². The molecule has 0 unspecified atom stereocenters. The summed E-state index contributed by atoms with van der Waals surface area (Å²) in [7, 11) is -3.76. The number of anilines is 2. The predicted molar refractivity (Wildman–Crippen MR) is 117 cm³/mol. The lowest BCUT2D eigenvalue weighted by molar-refractivity contribution is -0.116. The van der Waals surface area contributed by atoms with Gasteiger partial charge in [-0.15, -0.1) is 11.3 Å². The molecule has 0 saturated heterocycles. The molecule has 4 aromatic rings. The van der Waals surface area contributed by atoms with Crippen molar-refractivity contribution in [1.82, 2.24) is 9.38 Å². The highest BCUT2D eigenvalue weighted by Gasteiger charge is 2.25. The SMILES string of the molecule is CC(=O)N1CCc2cc(S(=O)(=O)Nc3cccc(-c4cn5ccsc5n4)c3)ccc21. The van der Waals surface area contributed by atoms with Crippen molar-refractivity contribution in [2.45, 2.75) is 18.2 Å². The van der Waals surface area contributed by atoms with Gasteiger partial charge in [-0.05, 0) is 42.3 Å². The second-order valence-corrected chi connectivity index (χ2v) is 9.67. The number of amides is 1. The van der Waals surface area contributed by atoms with Crippen LogP contribution in [0.25, 0.3) is 16.2 Å². The zero-order valence-electron chi connectivity index (χ0n) is 16.1. The van der Waals surface area contributed by atoms with Crippen molar-refractivity contribution in [1.29, 1.82) is 0 Å². The number of carbonyl (C=O) groups is 1. The number of imidazole rings is 1. The van der Waals surface area contributed by atoms with Crippen LogP contribution >= 0.6 is 11.3 Å². The predicted octanol–water partition coefficient (Wildman–Crippen LogP) is 3.77. The van der Waals surface area contributed by atoms with Crippen molar-refractivity contribution in [2.24, 2.45) is 0 Å². The minimum absolute atomic E-state index is 0.0431. The van der Waals surface area contributed by atoms with E-state index in [4.69, 9.17) is 0 Å². The van der Waals surface area contributed by atoms with Crippen LogP contribution in [0.5, 0.6) is 0 Å². The Morgan fingerprint density at radius 2 is 2.07 bits per heavy atom. The highest BCUT2D eigenvalue weighted by Crippen LogP contribution is 2.31. The van der Waals surface area contributed by atoms with Crippen LogP contribution in [0, 0.1) is 0 Å². The van der Waals surface area contributed by atoms with Crippen molar-refractivity contribution in [3.63, 3.8) is 0 Å². The van der Waals surface area contributed by atoms with Gasteiger partial charge in [0.25, 0.3) is 10.0 Å². The topological polar surface area (TPSA) is 83.8 Å².